The first-order valence-corrected chi connectivity index (χ1v) is 7.15. The summed E-state index contributed by atoms with van der Waals surface area (Å²) in [5.74, 6) is 0.556. The molecule has 1 aliphatic carbocycles. The average Bonchev–Trinajstić information content (AvgIpc) is 3.16. The van der Waals surface area contributed by atoms with Gasteiger partial charge < -0.3 is 5.73 Å². The van der Waals surface area contributed by atoms with Gasteiger partial charge in [-0.3, -0.25) is 4.79 Å². The van der Waals surface area contributed by atoms with Crippen LogP contribution in [-0.4, -0.2) is 22.1 Å². The number of hydrogen-bond acceptors (Lipinski definition) is 3. The van der Waals surface area contributed by atoms with Crippen molar-refractivity contribution in [3.05, 3.63) is 48.3 Å². The van der Waals surface area contributed by atoms with Crippen molar-refractivity contribution in [1.29, 1.82) is 0 Å². The average molecular weight is 269 g/mol. The SMILES string of the molecule is NCC1CCCC1C(=O)c1ccnn1-c1ccccc1. The number of hydrogen-bond donors (Lipinski definition) is 1. The van der Waals surface area contributed by atoms with Crippen molar-refractivity contribution in [2.45, 2.75) is 19.3 Å². The van der Waals surface area contributed by atoms with E-state index < -0.39 is 0 Å². The van der Waals surface area contributed by atoms with Gasteiger partial charge in [0, 0.05) is 5.92 Å². The summed E-state index contributed by atoms with van der Waals surface area (Å²) in [6.07, 6.45) is 4.79. The van der Waals surface area contributed by atoms with E-state index in [-0.39, 0.29) is 11.7 Å². The summed E-state index contributed by atoms with van der Waals surface area (Å²) >= 11 is 0. The molecule has 0 bridgehead atoms. The predicted octanol–water partition coefficient (Wildman–Crippen LogP) is 2.43. The second kappa shape index (κ2) is 5.59. The first-order valence-electron chi connectivity index (χ1n) is 7.15. The number of nitrogens with two attached hydrogens (primary N) is 1. The number of benzene rings is 1. The number of carbonyl (C=O) groups excluding carboxylic acids is 1. The van der Waals surface area contributed by atoms with Gasteiger partial charge in [-0.25, -0.2) is 4.68 Å². The standard InChI is InChI=1S/C16H19N3O/c17-11-12-5-4-8-14(12)16(20)15-9-10-18-19(15)13-6-2-1-3-7-13/h1-3,6-7,9-10,12,14H,4-5,8,11,17H2. The lowest BCUT2D eigenvalue weighted by molar-refractivity contribution is 0.0885. The summed E-state index contributed by atoms with van der Waals surface area (Å²) < 4.78 is 1.73. The van der Waals surface area contributed by atoms with E-state index in [1.54, 1.807) is 16.9 Å². The lowest BCUT2D eigenvalue weighted by atomic mass is 9.90. The molecule has 0 amide bonds. The Morgan fingerprint density at radius 1 is 1.25 bits per heavy atom. The molecule has 4 heteroatoms. The van der Waals surface area contributed by atoms with Crippen LogP contribution in [0.1, 0.15) is 29.8 Å². The lowest BCUT2D eigenvalue weighted by Crippen LogP contribution is -2.26. The van der Waals surface area contributed by atoms with Gasteiger partial charge in [-0.05, 0) is 43.5 Å². The fraction of sp³-hybridized carbons (Fsp3) is 0.375. The Bertz CT molecular complexity index is 591. The van der Waals surface area contributed by atoms with Crippen molar-refractivity contribution < 1.29 is 4.79 Å². The molecule has 2 atom stereocenters. The van der Waals surface area contributed by atoms with Gasteiger partial charge in [0.25, 0.3) is 0 Å². The monoisotopic (exact) mass is 269 g/mol. The van der Waals surface area contributed by atoms with Gasteiger partial charge in [0.1, 0.15) is 5.69 Å². The topological polar surface area (TPSA) is 60.9 Å². The van der Waals surface area contributed by atoms with E-state index in [9.17, 15) is 4.79 Å². The van der Waals surface area contributed by atoms with E-state index in [0.717, 1.165) is 24.9 Å². The molecule has 4 nitrogen and oxygen atoms in total. The fourth-order valence-corrected chi connectivity index (χ4v) is 3.12. The molecular formula is C16H19N3O. The third-order valence-corrected chi connectivity index (χ3v) is 4.19. The lowest BCUT2D eigenvalue weighted by Gasteiger charge is -2.17. The minimum absolute atomic E-state index is 0.0548. The van der Waals surface area contributed by atoms with E-state index >= 15 is 0 Å². The zero-order chi connectivity index (χ0) is 13.9. The summed E-state index contributed by atoms with van der Waals surface area (Å²) in [6, 6.07) is 11.6. The van der Waals surface area contributed by atoms with Gasteiger partial charge in [0.15, 0.2) is 5.78 Å². The van der Waals surface area contributed by atoms with Crippen LogP contribution in [0.15, 0.2) is 42.6 Å². The first kappa shape index (κ1) is 13.1. The molecule has 2 aromatic rings. The number of aromatic nitrogens is 2. The van der Waals surface area contributed by atoms with E-state index in [1.165, 1.54) is 0 Å². The molecule has 0 saturated heterocycles. The zero-order valence-electron chi connectivity index (χ0n) is 11.4. The number of rotatable bonds is 4. The largest absolute Gasteiger partial charge is 0.330 e. The van der Waals surface area contributed by atoms with E-state index in [2.05, 4.69) is 5.10 Å². The Kier molecular flexibility index (Phi) is 3.65. The third-order valence-electron chi connectivity index (χ3n) is 4.19. The first-order chi connectivity index (χ1) is 9.81. The van der Waals surface area contributed by atoms with Crippen molar-refractivity contribution >= 4 is 5.78 Å². The Morgan fingerprint density at radius 2 is 2.05 bits per heavy atom. The van der Waals surface area contributed by atoms with Gasteiger partial charge in [-0.1, -0.05) is 24.6 Å². The summed E-state index contributed by atoms with van der Waals surface area (Å²) in [7, 11) is 0. The summed E-state index contributed by atoms with van der Waals surface area (Å²) in [6.45, 7) is 0.593. The molecule has 3 rings (SSSR count). The molecule has 0 radical (unpaired) electrons. The maximum atomic E-state index is 12.8. The van der Waals surface area contributed by atoms with Crippen molar-refractivity contribution in [3.63, 3.8) is 0 Å². The molecule has 1 fully saturated rings. The quantitative estimate of drug-likeness (QED) is 0.867. The fourth-order valence-electron chi connectivity index (χ4n) is 3.12. The summed E-state index contributed by atoms with van der Waals surface area (Å²) in [4.78, 5) is 12.8. The van der Waals surface area contributed by atoms with Crippen molar-refractivity contribution in [3.8, 4) is 5.69 Å². The van der Waals surface area contributed by atoms with Gasteiger partial charge in [-0.15, -0.1) is 0 Å². The van der Waals surface area contributed by atoms with E-state index in [1.807, 2.05) is 30.3 Å². The third kappa shape index (κ3) is 2.27. The smallest absolute Gasteiger partial charge is 0.184 e. The van der Waals surface area contributed by atoms with Crippen LogP contribution >= 0.6 is 0 Å². The zero-order valence-corrected chi connectivity index (χ0v) is 11.4. The maximum absolute atomic E-state index is 12.8. The van der Waals surface area contributed by atoms with Crippen LogP contribution in [0, 0.1) is 11.8 Å². The number of carbonyl (C=O) groups is 1. The normalized spacial score (nSPS) is 22.1. The molecule has 2 unspecified atom stereocenters. The number of para-hydroxylation sites is 1. The number of nitrogens with zero attached hydrogens (tertiary/aromatic N) is 2. The number of Topliss-reactive ketones (excluding diaryl/α,β-unsaturated/α-hetero) is 1. The Balaban J connectivity index is 1.92. The molecule has 1 heterocycles. The van der Waals surface area contributed by atoms with Gasteiger partial charge in [0.2, 0.25) is 0 Å². The Morgan fingerprint density at radius 3 is 2.80 bits per heavy atom. The van der Waals surface area contributed by atoms with Crippen LogP contribution in [0.2, 0.25) is 0 Å². The maximum Gasteiger partial charge on any atom is 0.184 e. The predicted molar refractivity (Wildman–Crippen MR) is 77.8 cm³/mol. The highest BCUT2D eigenvalue weighted by molar-refractivity contribution is 5.97. The molecule has 104 valence electrons. The number of ketones is 1. The van der Waals surface area contributed by atoms with Crippen LogP contribution in [0.3, 0.4) is 0 Å². The van der Waals surface area contributed by atoms with Gasteiger partial charge in [-0.2, -0.15) is 5.10 Å². The van der Waals surface area contributed by atoms with Crippen molar-refractivity contribution in [2.24, 2.45) is 17.6 Å². The van der Waals surface area contributed by atoms with Crippen LogP contribution < -0.4 is 5.73 Å². The molecular weight excluding hydrogens is 250 g/mol. The van der Waals surface area contributed by atoms with E-state index in [0.29, 0.717) is 18.2 Å². The molecule has 0 aliphatic heterocycles. The highest BCUT2D eigenvalue weighted by Gasteiger charge is 2.33. The Labute approximate surface area is 118 Å². The molecule has 1 aromatic heterocycles. The second-order valence-corrected chi connectivity index (χ2v) is 5.36. The van der Waals surface area contributed by atoms with Crippen LogP contribution in [0.4, 0.5) is 0 Å². The van der Waals surface area contributed by atoms with Gasteiger partial charge in [0.05, 0.1) is 11.9 Å². The minimum Gasteiger partial charge on any atom is -0.330 e. The minimum atomic E-state index is 0.0548. The summed E-state index contributed by atoms with van der Waals surface area (Å²) in [5.41, 5.74) is 7.38. The molecule has 2 N–H and O–H groups in total. The molecule has 20 heavy (non-hydrogen) atoms. The molecule has 1 aliphatic rings. The van der Waals surface area contributed by atoms with E-state index in [4.69, 9.17) is 5.73 Å². The highest BCUT2D eigenvalue weighted by Crippen LogP contribution is 2.33. The highest BCUT2D eigenvalue weighted by atomic mass is 16.1. The van der Waals surface area contributed by atoms with Crippen molar-refractivity contribution in [2.75, 3.05) is 6.54 Å². The summed E-state index contributed by atoms with van der Waals surface area (Å²) in [5, 5.41) is 4.29. The van der Waals surface area contributed by atoms with Crippen LogP contribution in [0.25, 0.3) is 5.69 Å². The second-order valence-electron chi connectivity index (χ2n) is 5.36. The molecule has 1 aromatic carbocycles. The molecule has 1 saturated carbocycles. The van der Waals surface area contributed by atoms with Crippen molar-refractivity contribution in [1.82, 2.24) is 9.78 Å². The molecule has 0 spiro atoms. The van der Waals surface area contributed by atoms with Gasteiger partial charge >= 0.3 is 0 Å². The van der Waals surface area contributed by atoms with Crippen LogP contribution in [0.5, 0.6) is 0 Å². The Hall–Kier alpha value is -1.94. The van der Waals surface area contributed by atoms with Crippen LogP contribution in [-0.2, 0) is 0 Å².